The van der Waals surface area contributed by atoms with E-state index in [0.29, 0.717) is 18.4 Å². The second-order valence-corrected chi connectivity index (χ2v) is 6.01. The maximum Gasteiger partial charge on any atom is 0.315 e. The Morgan fingerprint density at radius 3 is 2.39 bits per heavy atom. The highest BCUT2D eigenvalue weighted by molar-refractivity contribution is 5.74. The largest absolute Gasteiger partial charge is 0.394 e. The van der Waals surface area contributed by atoms with Gasteiger partial charge in [-0.2, -0.15) is 0 Å². The van der Waals surface area contributed by atoms with E-state index in [1.807, 2.05) is 36.4 Å². The van der Waals surface area contributed by atoms with Crippen molar-refractivity contribution in [3.05, 3.63) is 71.8 Å². The van der Waals surface area contributed by atoms with Crippen LogP contribution in [0.5, 0.6) is 0 Å². The topological polar surface area (TPSA) is 61.4 Å². The van der Waals surface area contributed by atoms with Crippen molar-refractivity contribution >= 4 is 6.03 Å². The van der Waals surface area contributed by atoms with Gasteiger partial charge in [-0.1, -0.05) is 60.7 Å². The van der Waals surface area contributed by atoms with Gasteiger partial charge in [0, 0.05) is 6.54 Å². The minimum Gasteiger partial charge on any atom is -0.394 e. The molecule has 1 saturated carbocycles. The molecule has 0 bridgehead atoms. The zero-order valence-electron chi connectivity index (χ0n) is 13.0. The Labute approximate surface area is 136 Å². The zero-order valence-corrected chi connectivity index (χ0v) is 13.0. The molecule has 0 aliphatic heterocycles. The second-order valence-electron chi connectivity index (χ2n) is 6.01. The van der Waals surface area contributed by atoms with Crippen molar-refractivity contribution in [2.24, 2.45) is 5.92 Å². The normalized spacial score (nSPS) is 20.6. The summed E-state index contributed by atoms with van der Waals surface area (Å²) in [5.74, 6) is 1.06. The summed E-state index contributed by atoms with van der Waals surface area (Å²) in [6, 6.07) is 19.3. The first-order valence-corrected chi connectivity index (χ1v) is 8.03. The molecule has 4 heteroatoms. The summed E-state index contributed by atoms with van der Waals surface area (Å²) in [6.07, 6.45) is 1.12. The molecule has 0 spiro atoms. The van der Waals surface area contributed by atoms with E-state index in [-0.39, 0.29) is 18.7 Å². The lowest BCUT2D eigenvalue weighted by molar-refractivity contribution is 0.216. The van der Waals surface area contributed by atoms with Crippen molar-refractivity contribution in [2.45, 2.75) is 18.4 Å². The van der Waals surface area contributed by atoms with Crippen LogP contribution >= 0.6 is 0 Å². The molecule has 120 valence electrons. The third-order valence-corrected chi connectivity index (χ3v) is 4.36. The number of nitrogens with one attached hydrogen (secondary N) is 2. The lowest BCUT2D eigenvalue weighted by Crippen LogP contribution is -2.40. The number of aliphatic hydroxyl groups excluding tert-OH is 1. The van der Waals surface area contributed by atoms with Crippen LogP contribution in [0.2, 0.25) is 0 Å². The van der Waals surface area contributed by atoms with Gasteiger partial charge in [0.2, 0.25) is 0 Å². The van der Waals surface area contributed by atoms with E-state index >= 15 is 0 Å². The zero-order chi connectivity index (χ0) is 16.1. The molecule has 2 aromatic carbocycles. The van der Waals surface area contributed by atoms with Gasteiger partial charge < -0.3 is 15.7 Å². The fraction of sp³-hybridized carbons (Fsp3) is 0.316. The molecule has 1 aliphatic carbocycles. The monoisotopic (exact) mass is 310 g/mol. The van der Waals surface area contributed by atoms with Gasteiger partial charge in [-0.25, -0.2) is 4.79 Å². The van der Waals surface area contributed by atoms with Crippen molar-refractivity contribution in [3.63, 3.8) is 0 Å². The summed E-state index contributed by atoms with van der Waals surface area (Å²) in [7, 11) is 0. The van der Waals surface area contributed by atoms with E-state index in [4.69, 9.17) is 0 Å². The highest BCUT2D eigenvalue weighted by atomic mass is 16.3. The van der Waals surface area contributed by atoms with Gasteiger partial charge in [0.05, 0.1) is 12.6 Å². The van der Waals surface area contributed by atoms with Crippen LogP contribution in [-0.2, 0) is 0 Å². The Kier molecular flexibility index (Phi) is 4.93. The molecular formula is C19H22N2O2. The molecule has 4 nitrogen and oxygen atoms in total. The molecule has 2 aromatic rings. The molecule has 1 aliphatic rings. The smallest absolute Gasteiger partial charge is 0.315 e. The average Bonchev–Trinajstić information content (AvgIpc) is 3.39. The quantitative estimate of drug-likeness (QED) is 0.768. The third kappa shape index (κ3) is 4.11. The number of aliphatic hydroxyl groups is 1. The van der Waals surface area contributed by atoms with Crippen LogP contribution in [0.15, 0.2) is 60.7 Å². The first kappa shape index (κ1) is 15.6. The van der Waals surface area contributed by atoms with Crippen LogP contribution in [0.25, 0.3) is 0 Å². The van der Waals surface area contributed by atoms with Gasteiger partial charge in [0.1, 0.15) is 0 Å². The number of hydrogen-bond acceptors (Lipinski definition) is 2. The lowest BCUT2D eigenvalue weighted by atomic mass is 10.1. The molecule has 1 fully saturated rings. The third-order valence-electron chi connectivity index (χ3n) is 4.36. The fourth-order valence-corrected chi connectivity index (χ4v) is 2.93. The number of carbonyl (C=O) groups is 1. The number of hydrogen-bond donors (Lipinski definition) is 3. The Hall–Kier alpha value is -2.33. The van der Waals surface area contributed by atoms with Gasteiger partial charge in [0.15, 0.2) is 0 Å². The van der Waals surface area contributed by atoms with Gasteiger partial charge in [0.25, 0.3) is 0 Å². The summed E-state index contributed by atoms with van der Waals surface area (Å²) < 4.78 is 0. The highest BCUT2D eigenvalue weighted by Crippen LogP contribution is 2.46. The minimum absolute atomic E-state index is 0.118. The summed E-state index contributed by atoms with van der Waals surface area (Å²) in [6.45, 7) is 0.547. The van der Waals surface area contributed by atoms with E-state index in [0.717, 1.165) is 12.0 Å². The molecule has 0 heterocycles. The number of urea groups is 1. The van der Waals surface area contributed by atoms with Crippen molar-refractivity contribution in [1.82, 2.24) is 10.6 Å². The van der Waals surface area contributed by atoms with Crippen LogP contribution in [0.3, 0.4) is 0 Å². The molecule has 0 saturated heterocycles. The molecule has 3 N–H and O–H groups in total. The average molecular weight is 310 g/mol. The van der Waals surface area contributed by atoms with Gasteiger partial charge in [-0.05, 0) is 29.4 Å². The summed E-state index contributed by atoms with van der Waals surface area (Å²) in [5.41, 5.74) is 2.25. The standard InChI is InChI=1S/C19H22N2O2/c22-13-18(15-9-5-2-6-10-15)21-19(23)20-12-16-11-17(16)14-7-3-1-4-8-14/h1-10,16-18,22H,11-13H2,(H2,20,21,23)/t16-,17-,18+/m0/s1. The van der Waals surface area contributed by atoms with Crippen LogP contribution < -0.4 is 10.6 Å². The van der Waals surface area contributed by atoms with Gasteiger partial charge in [-0.15, -0.1) is 0 Å². The number of carbonyl (C=O) groups excluding carboxylic acids is 1. The number of benzene rings is 2. The van der Waals surface area contributed by atoms with Crippen molar-refractivity contribution in [3.8, 4) is 0 Å². The lowest BCUT2D eigenvalue weighted by Gasteiger charge is -2.17. The highest BCUT2D eigenvalue weighted by Gasteiger charge is 2.38. The van der Waals surface area contributed by atoms with E-state index in [2.05, 4.69) is 34.9 Å². The van der Waals surface area contributed by atoms with E-state index < -0.39 is 0 Å². The Balaban J connectivity index is 1.45. The summed E-state index contributed by atoms with van der Waals surface area (Å²) in [5, 5.41) is 15.2. The summed E-state index contributed by atoms with van der Waals surface area (Å²) in [4.78, 5) is 12.0. The Bertz CT molecular complexity index is 630. The maximum atomic E-state index is 12.0. The summed E-state index contributed by atoms with van der Waals surface area (Å²) >= 11 is 0. The number of amides is 2. The fourth-order valence-electron chi connectivity index (χ4n) is 2.93. The minimum atomic E-state index is -0.375. The Morgan fingerprint density at radius 1 is 1.09 bits per heavy atom. The van der Waals surface area contributed by atoms with Crippen molar-refractivity contribution < 1.29 is 9.90 Å². The van der Waals surface area contributed by atoms with Crippen molar-refractivity contribution in [2.75, 3.05) is 13.2 Å². The van der Waals surface area contributed by atoms with E-state index in [1.54, 1.807) is 0 Å². The van der Waals surface area contributed by atoms with Crippen molar-refractivity contribution in [1.29, 1.82) is 0 Å². The molecule has 3 rings (SSSR count). The first-order chi connectivity index (χ1) is 11.3. The van der Waals surface area contributed by atoms with Gasteiger partial charge >= 0.3 is 6.03 Å². The predicted molar refractivity (Wildman–Crippen MR) is 90.1 cm³/mol. The van der Waals surface area contributed by atoms with Crippen LogP contribution in [-0.4, -0.2) is 24.3 Å². The first-order valence-electron chi connectivity index (χ1n) is 8.03. The molecule has 23 heavy (non-hydrogen) atoms. The molecule has 0 aromatic heterocycles. The number of rotatable bonds is 6. The second kappa shape index (κ2) is 7.29. The van der Waals surface area contributed by atoms with Gasteiger partial charge in [-0.3, -0.25) is 0 Å². The molecule has 3 atom stereocenters. The molecule has 0 radical (unpaired) electrons. The molecule has 0 unspecified atom stereocenters. The van der Waals surface area contributed by atoms with Crippen LogP contribution in [0.4, 0.5) is 4.79 Å². The predicted octanol–water partition coefficient (Wildman–Crippen LogP) is 2.82. The van der Waals surface area contributed by atoms with Crippen LogP contribution in [0, 0.1) is 5.92 Å². The van der Waals surface area contributed by atoms with E-state index in [9.17, 15) is 9.90 Å². The molecular weight excluding hydrogens is 288 g/mol. The maximum absolute atomic E-state index is 12.0. The molecule has 2 amide bonds. The SMILES string of the molecule is O=C(NC[C@@H]1C[C@H]1c1ccccc1)N[C@H](CO)c1ccccc1. The Morgan fingerprint density at radius 2 is 1.74 bits per heavy atom. The van der Waals surface area contributed by atoms with E-state index in [1.165, 1.54) is 5.56 Å². The van der Waals surface area contributed by atoms with Crippen LogP contribution in [0.1, 0.15) is 29.5 Å².